The number of rotatable bonds is 10. The lowest BCUT2D eigenvalue weighted by molar-refractivity contribution is -0.131. The summed E-state index contributed by atoms with van der Waals surface area (Å²) in [7, 11) is 3.44. The highest BCUT2D eigenvalue weighted by Crippen LogP contribution is 2.49. The van der Waals surface area contributed by atoms with Crippen LogP contribution in [0.4, 0.5) is 23.1 Å². The summed E-state index contributed by atoms with van der Waals surface area (Å²) in [6.45, 7) is 8.25. The fourth-order valence-electron chi connectivity index (χ4n) is 6.33. The van der Waals surface area contributed by atoms with Crippen LogP contribution in [0.5, 0.6) is 5.75 Å². The number of methoxy groups -OCH3 is 1. The number of aromatic nitrogens is 2. The highest BCUT2D eigenvalue weighted by molar-refractivity contribution is 6.02. The predicted octanol–water partition coefficient (Wildman–Crippen LogP) is 4.20. The lowest BCUT2D eigenvalue weighted by Gasteiger charge is -2.44. The number of anilines is 4. The Hall–Kier alpha value is -3.40. The number of amides is 2. The molecule has 2 N–H and O–H groups in total. The second-order valence-electron chi connectivity index (χ2n) is 11.3. The molecule has 10 heteroatoms. The van der Waals surface area contributed by atoms with Crippen LogP contribution in [0.25, 0.3) is 0 Å². The van der Waals surface area contributed by atoms with Crippen LogP contribution in [-0.2, 0) is 4.79 Å². The van der Waals surface area contributed by atoms with Gasteiger partial charge >= 0.3 is 0 Å². The molecule has 10 nitrogen and oxygen atoms in total. The fraction of sp³-hybridized carbons (Fsp3) is 0.600. The van der Waals surface area contributed by atoms with Crippen molar-refractivity contribution in [3.05, 3.63) is 30.0 Å². The van der Waals surface area contributed by atoms with Gasteiger partial charge in [-0.2, -0.15) is 4.98 Å². The summed E-state index contributed by atoms with van der Waals surface area (Å²) in [5, 5.41) is 6.30. The molecule has 2 fully saturated rings. The number of hydrogen-bond acceptors (Lipinski definition) is 8. The van der Waals surface area contributed by atoms with Crippen molar-refractivity contribution in [3.8, 4) is 5.75 Å². The molecular formula is C30H43N7O3. The van der Waals surface area contributed by atoms with E-state index < -0.39 is 0 Å². The van der Waals surface area contributed by atoms with Gasteiger partial charge in [0.25, 0.3) is 5.91 Å². The second-order valence-corrected chi connectivity index (χ2v) is 11.3. The first-order valence-corrected chi connectivity index (χ1v) is 14.8. The zero-order valence-corrected chi connectivity index (χ0v) is 24.3. The molecule has 0 atom stereocenters. The first kappa shape index (κ1) is 28.1. The van der Waals surface area contributed by atoms with Gasteiger partial charge < -0.3 is 30.1 Å². The van der Waals surface area contributed by atoms with E-state index in [1.54, 1.807) is 30.3 Å². The number of ether oxygens (including phenoxy) is 1. The zero-order valence-electron chi connectivity index (χ0n) is 24.3. The van der Waals surface area contributed by atoms with E-state index in [-0.39, 0.29) is 17.2 Å². The maximum Gasteiger partial charge on any atom is 0.251 e. The lowest BCUT2D eigenvalue weighted by atomic mass is 9.67. The molecule has 2 amide bonds. The van der Waals surface area contributed by atoms with E-state index in [4.69, 9.17) is 9.72 Å². The number of nitrogens with one attached hydrogen (secondary N) is 2. The van der Waals surface area contributed by atoms with Gasteiger partial charge in [-0.05, 0) is 57.0 Å². The van der Waals surface area contributed by atoms with Crippen molar-refractivity contribution in [2.75, 3.05) is 62.0 Å². The molecule has 2 heterocycles. The summed E-state index contributed by atoms with van der Waals surface area (Å²) in [5.41, 5.74) is 1.64. The minimum atomic E-state index is -0.323. The molecule has 1 spiro atoms. The largest absolute Gasteiger partial charge is 0.495 e. The molecule has 0 unspecified atom stereocenters. The van der Waals surface area contributed by atoms with Crippen LogP contribution < -0.4 is 25.2 Å². The van der Waals surface area contributed by atoms with Gasteiger partial charge in [0, 0.05) is 38.3 Å². The van der Waals surface area contributed by atoms with E-state index in [9.17, 15) is 9.59 Å². The summed E-state index contributed by atoms with van der Waals surface area (Å²) in [4.78, 5) is 42.3. The Bertz CT molecular complexity index is 1220. The van der Waals surface area contributed by atoms with Crippen molar-refractivity contribution < 1.29 is 14.3 Å². The Morgan fingerprint density at radius 1 is 1.18 bits per heavy atom. The average molecular weight is 550 g/mol. The first-order valence-electron chi connectivity index (χ1n) is 14.8. The molecule has 1 aromatic heterocycles. The Morgan fingerprint density at radius 2 is 1.93 bits per heavy atom. The number of likely N-dealkylation sites (N-methyl/N-ethyl adjacent to an activating group) is 1. The molecule has 2 saturated carbocycles. The number of nitrogens with zero attached hydrogens (tertiary/aromatic N) is 5. The standard InChI is InChI=1S/C30H43N7O3/c1-5-36(6-2)17-16-31-27(38)21-12-13-23(25(18-21)40-4)33-29-32-19-24-26(34-29)37(22-10-7-8-11-22)20-30(14-9-15-30)28(39)35(24)3/h12-13,18-19,22H,5-11,14-17,20H2,1-4H3,(H,31,38)(H,32,33,34). The normalized spacial score (nSPS) is 18.5. The van der Waals surface area contributed by atoms with Crippen LogP contribution in [0.1, 0.15) is 69.2 Å². The van der Waals surface area contributed by atoms with Gasteiger partial charge in [0.1, 0.15) is 11.4 Å². The molecular weight excluding hydrogens is 506 g/mol. The molecule has 5 rings (SSSR count). The third-order valence-corrected chi connectivity index (χ3v) is 9.01. The van der Waals surface area contributed by atoms with Gasteiger partial charge in [-0.3, -0.25) is 9.59 Å². The molecule has 1 aliphatic heterocycles. The highest BCUT2D eigenvalue weighted by Gasteiger charge is 2.51. The first-order chi connectivity index (χ1) is 19.4. The molecule has 3 aliphatic rings. The van der Waals surface area contributed by atoms with Gasteiger partial charge in [0.2, 0.25) is 11.9 Å². The van der Waals surface area contributed by atoms with Crippen molar-refractivity contribution in [2.45, 2.75) is 64.8 Å². The summed E-state index contributed by atoms with van der Waals surface area (Å²) < 4.78 is 5.63. The van der Waals surface area contributed by atoms with E-state index in [0.717, 1.165) is 63.2 Å². The monoisotopic (exact) mass is 549 g/mol. The minimum absolute atomic E-state index is 0.136. The Labute approximate surface area is 237 Å². The van der Waals surface area contributed by atoms with Crippen LogP contribution in [0, 0.1) is 5.41 Å². The Morgan fingerprint density at radius 3 is 2.58 bits per heavy atom. The minimum Gasteiger partial charge on any atom is -0.495 e. The van der Waals surface area contributed by atoms with Gasteiger partial charge in [0.15, 0.2) is 5.82 Å². The van der Waals surface area contributed by atoms with E-state index >= 15 is 0 Å². The molecule has 2 aromatic rings. The highest BCUT2D eigenvalue weighted by atomic mass is 16.5. The molecule has 1 aromatic carbocycles. The number of fused-ring (bicyclic) bond motifs is 1. The predicted molar refractivity (Wildman–Crippen MR) is 158 cm³/mol. The van der Waals surface area contributed by atoms with Crippen LogP contribution in [-0.4, -0.2) is 79.6 Å². The van der Waals surface area contributed by atoms with Crippen LogP contribution in [0.3, 0.4) is 0 Å². The van der Waals surface area contributed by atoms with Crippen molar-refractivity contribution >= 4 is 35.0 Å². The number of hydrogen-bond donors (Lipinski definition) is 2. The van der Waals surface area contributed by atoms with Crippen LogP contribution >= 0.6 is 0 Å². The molecule has 0 bridgehead atoms. The third kappa shape index (κ3) is 5.46. The number of benzene rings is 1. The molecule has 0 radical (unpaired) electrons. The smallest absolute Gasteiger partial charge is 0.251 e. The number of carbonyl (C=O) groups is 2. The van der Waals surface area contributed by atoms with E-state index in [2.05, 4.69) is 39.3 Å². The second kappa shape index (κ2) is 12.0. The van der Waals surface area contributed by atoms with E-state index in [1.165, 1.54) is 12.8 Å². The van der Waals surface area contributed by atoms with Crippen molar-refractivity contribution in [1.29, 1.82) is 0 Å². The van der Waals surface area contributed by atoms with Crippen LogP contribution in [0.2, 0.25) is 0 Å². The summed E-state index contributed by atoms with van der Waals surface area (Å²) in [6.07, 6.45) is 9.35. The topological polar surface area (TPSA) is 103 Å². The quantitative estimate of drug-likeness (QED) is 0.455. The summed E-state index contributed by atoms with van der Waals surface area (Å²) in [5.74, 6) is 1.82. The lowest BCUT2D eigenvalue weighted by Crippen LogP contribution is -2.52. The van der Waals surface area contributed by atoms with Crippen molar-refractivity contribution in [1.82, 2.24) is 20.2 Å². The molecule has 216 valence electrons. The van der Waals surface area contributed by atoms with Gasteiger partial charge in [-0.1, -0.05) is 33.1 Å². The number of carbonyl (C=O) groups excluding carboxylic acids is 2. The van der Waals surface area contributed by atoms with Gasteiger partial charge in [-0.25, -0.2) is 4.98 Å². The zero-order chi connectivity index (χ0) is 28.3. The maximum atomic E-state index is 13.5. The van der Waals surface area contributed by atoms with Crippen LogP contribution in [0.15, 0.2) is 24.4 Å². The molecule has 2 aliphatic carbocycles. The molecule has 40 heavy (non-hydrogen) atoms. The Kier molecular flexibility index (Phi) is 8.44. The maximum absolute atomic E-state index is 13.5. The summed E-state index contributed by atoms with van der Waals surface area (Å²) >= 11 is 0. The molecule has 0 saturated heterocycles. The average Bonchev–Trinajstić information content (AvgIpc) is 3.46. The van der Waals surface area contributed by atoms with E-state index in [0.29, 0.717) is 42.1 Å². The van der Waals surface area contributed by atoms with E-state index in [1.807, 2.05) is 13.1 Å². The SMILES string of the molecule is CCN(CC)CCNC(=O)c1ccc(Nc2ncc3c(n2)N(C2CCCC2)CC2(CCC2)C(=O)N3C)c(OC)c1. The van der Waals surface area contributed by atoms with Crippen molar-refractivity contribution in [2.24, 2.45) is 5.41 Å². The van der Waals surface area contributed by atoms with Gasteiger partial charge in [-0.15, -0.1) is 0 Å². The van der Waals surface area contributed by atoms with Crippen molar-refractivity contribution in [3.63, 3.8) is 0 Å². The fourth-order valence-corrected chi connectivity index (χ4v) is 6.33. The van der Waals surface area contributed by atoms with Gasteiger partial charge in [0.05, 0.1) is 24.4 Å². The Balaban J connectivity index is 1.37. The summed E-state index contributed by atoms with van der Waals surface area (Å²) in [6, 6.07) is 5.71. The third-order valence-electron chi connectivity index (χ3n) is 9.01.